The van der Waals surface area contributed by atoms with Gasteiger partial charge in [0.25, 0.3) is 11.6 Å². The van der Waals surface area contributed by atoms with Crippen molar-refractivity contribution in [1.29, 1.82) is 0 Å². The standard InChI is InChI=1S/C22H28N4O5S/c1-31-14-6-12-24-21(28)20-15-7-2-5-10-18(15)32-22(20)25-19(27)11-13-23-16-8-3-4-9-17(16)26(29)30/h3-4,8-9,23H,2,5-7,10-14H2,1H3,(H,24,28)(H,25,27). The van der Waals surface area contributed by atoms with Crippen LogP contribution in [0.25, 0.3) is 0 Å². The molecule has 1 aromatic carbocycles. The second kappa shape index (κ2) is 11.6. The van der Waals surface area contributed by atoms with Gasteiger partial charge in [0.05, 0.1) is 10.5 Å². The number of carbonyl (C=O) groups excluding carboxylic acids is 2. The maximum absolute atomic E-state index is 12.9. The topological polar surface area (TPSA) is 123 Å². The molecule has 0 saturated heterocycles. The number of para-hydroxylation sites is 2. The molecule has 32 heavy (non-hydrogen) atoms. The van der Waals surface area contributed by atoms with Crippen molar-refractivity contribution in [2.45, 2.75) is 38.5 Å². The Morgan fingerprint density at radius 2 is 1.97 bits per heavy atom. The zero-order valence-corrected chi connectivity index (χ0v) is 18.9. The van der Waals surface area contributed by atoms with Gasteiger partial charge in [-0.3, -0.25) is 19.7 Å². The minimum absolute atomic E-state index is 0.0359. The zero-order chi connectivity index (χ0) is 22.9. The van der Waals surface area contributed by atoms with E-state index >= 15 is 0 Å². The highest BCUT2D eigenvalue weighted by Gasteiger charge is 2.26. The number of nitro groups is 1. The van der Waals surface area contributed by atoms with Gasteiger partial charge >= 0.3 is 0 Å². The second-order valence-corrected chi connectivity index (χ2v) is 8.62. The first-order valence-corrected chi connectivity index (χ1v) is 11.5. The maximum atomic E-state index is 12.9. The van der Waals surface area contributed by atoms with E-state index in [0.29, 0.717) is 35.8 Å². The molecule has 3 N–H and O–H groups in total. The van der Waals surface area contributed by atoms with E-state index < -0.39 is 4.92 Å². The van der Waals surface area contributed by atoms with Crippen molar-refractivity contribution < 1.29 is 19.2 Å². The predicted octanol–water partition coefficient (Wildman–Crippen LogP) is 3.74. The van der Waals surface area contributed by atoms with Crippen molar-refractivity contribution in [3.05, 3.63) is 50.4 Å². The molecule has 0 atom stereocenters. The predicted molar refractivity (Wildman–Crippen MR) is 125 cm³/mol. The summed E-state index contributed by atoms with van der Waals surface area (Å²) >= 11 is 1.47. The number of carbonyl (C=O) groups is 2. The van der Waals surface area contributed by atoms with Crippen molar-refractivity contribution in [2.75, 3.05) is 37.4 Å². The number of hydrogen-bond donors (Lipinski definition) is 3. The first-order chi connectivity index (χ1) is 15.5. The molecule has 0 unspecified atom stereocenters. The number of aryl methyl sites for hydroxylation is 1. The van der Waals surface area contributed by atoms with Gasteiger partial charge in [0, 0.05) is 44.2 Å². The third kappa shape index (κ3) is 6.04. The van der Waals surface area contributed by atoms with Crippen molar-refractivity contribution in [1.82, 2.24) is 5.32 Å². The number of amides is 2. The third-order valence-electron chi connectivity index (χ3n) is 5.23. The highest BCUT2D eigenvalue weighted by Crippen LogP contribution is 2.38. The van der Waals surface area contributed by atoms with Crippen molar-refractivity contribution >= 4 is 39.5 Å². The molecule has 0 fully saturated rings. The Balaban J connectivity index is 1.63. The van der Waals surface area contributed by atoms with E-state index in [1.165, 1.54) is 17.4 Å². The Labute approximate surface area is 190 Å². The van der Waals surface area contributed by atoms with Crippen molar-refractivity contribution in [2.24, 2.45) is 0 Å². The molecule has 0 saturated carbocycles. The van der Waals surface area contributed by atoms with Crippen LogP contribution in [0.2, 0.25) is 0 Å². The number of nitrogens with one attached hydrogen (secondary N) is 3. The first kappa shape index (κ1) is 23.7. The second-order valence-electron chi connectivity index (χ2n) is 7.52. The van der Waals surface area contributed by atoms with E-state index in [4.69, 9.17) is 4.74 Å². The highest BCUT2D eigenvalue weighted by atomic mass is 32.1. The molecule has 0 bridgehead atoms. The van der Waals surface area contributed by atoms with Gasteiger partial charge in [-0.1, -0.05) is 12.1 Å². The number of hydrogen-bond acceptors (Lipinski definition) is 7. The smallest absolute Gasteiger partial charge is 0.292 e. The average Bonchev–Trinajstić information content (AvgIpc) is 3.14. The fourth-order valence-corrected chi connectivity index (χ4v) is 4.99. The van der Waals surface area contributed by atoms with E-state index in [9.17, 15) is 19.7 Å². The van der Waals surface area contributed by atoms with Crippen LogP contribution in [0.5, 0.6) is 0 Å². The summed E-state index contributed by atoms with van der Waals surface area (Å²) in [6.07, 6.45) is 4.69. The van der Waals surface area contributed by atoms with Gasteiger partial charge in [-0.25, -0.2) is 0 Å². The molecule has 0 radical (unpaired) electrons. The van der Waals surface area contributed by atoms with Crippen molar-refractivity contribution in [3.63, 3.8) is 0 Å². The minimum atomic E-state index is -0.462. The summed E-state index contributed by atoms with van der Waals surface area (Å²) in [6, 6.07) is 6.31. The molecule has 0 spiro atoms. The van der Waals surface area contributed by atoms with Gasteiger partial charge in [0.2, 0.25) is 5.91 Å². The SMILES string of the molecule is COCCCNC(=O)c1c(NC(=O)CCNc2ccccc2[N+](=O)[O-])sc2c1CCCC2. The lowest BCUT2D eigenvalue weighted by Gasteiger charge is -2.13. The molecule has 1 aliphatic carbocycles. The lowest BCUT2D eigenvalue weighted by atomic mass is 9.95. The van der Waals surface area contributed by atoms with E-state index in [-0.39, 0.29) is 30.5 Å². The largest absolute Gasteiger partial charge is 0.385 e. The first-order valence-electron chi connectivity index (χ1n) is 10.7. The molecule has 9 nitrogen and oxygen atoms in total. The van der Waals surface area contributed by atoms with Crippen LogP contribution in [0.4, 0.5) is 16.4 Å². The van der Waals surface area contributed by atoms with Gasteiger partial charge in [0.15, 0.2) is 0 Å². The normalized spacial score (nSPS) is 12.7. The van der Waals surface area contributed by atoms with Crippen LogP contribution in [0, 0.1) is 10.1 Å². The van der Waals surface area contributed by atoms with Crippen LogP contribution in [0.15, 0.2) is 24.3 Å². The molecule has 2 aromatic rings. The highest BCUT2D eigenvalue weighted by molar-refractivity contribution is 7.17. The van der Waals surface area contributed by atoms with Crippen LogP contribution in [0.3, 0.4) is 0 Å². The summed E-state index contributed by atoms with van der Waals surface area (Å²) in [4.78, 5) is 37.3. The van der Waals surface area contributed by atoms with Gasteiger partial charge in [-0.15, -0.1) is 11.3 Å². The minimum Gasteiger partial charge on any atom is -0.385 e. The van der Waals surface area contributed by atoms with E-state index in [2.05, 4.69) is 16.0 Å². The van der Waals surface area contributed by atoms with Crippen molar-refractivity contribution in [3.8, 4) is 0 Å². The van der Waals surface area contributed by atoms with E-state index in [1.807, 2.05) is 0 Å². The number of fused-ring (bicyclic) bond motifs is 1. The summed E-state index contributed by atoms with van der Waals surface area (Å²) in [5.74, 6) is -0.419. The number of rotatable bonds is 11. The Hall–Kier alpha value is -2.98. The maximum Gasteiger partial charge on any atom is 0.292 e. The van der Waals surface area contributed by atoms with Gasteiger partial charge in [-0.05, 0) is 43.7 Å². The Morgan fingerprint density at radius 3 is 2.75 bits per heavy atom. The third-order valence-corrected chi connectivity index (χ3v) is 6.44. The number of methoxy groups -OCH3 is 1. The molecule has 1 aliphatic rings. The number of nitro benzene ring substituents is 1. The molecule has 172 valence electrons. The van der Waals surface area contributed by atoms with Crippen LogP contribution >= 0.6 is 11.3 Å². The zero-order valence-electron chi connectivity index (χ0n) is 18.1. The molecule has 0 aliphatic heterocycles. The molecule has 1 heterocycles. The quantitative estimate of drug-likeness (QED) is 0.267. The number of thiophene rings is 1. The summed E-state index contributed by atoms with van der Waals surface area (Å²) in [5.41, 5.74) is 1.94. The van der Waals surface area contributed by atoms with Gasteiger partial charge in [0.1, 0.15) is 10.7 Å². The lowest BCUT2D eigenvalue weighted by Crippen LogP contribution is -2.27. The Kier molecular flexibility index (Phi) is 8.57. The monoisotopic (exact) mass is 460 g/mol. The van der Waals surface area contributed by atoms with Crippen LogP contribution in [-0.2, 0) is 22.4 Å². The molecule has 2 amide bonds. The molecule has 10 heteroatoms. The number of anilines is 2. The lowest BCUT2D eigenvalue weighted by molar-refractivity contribution is -0.384. The summed E-state index contributed by atoms with van der Waals surface area (Å²) in [7, 11) is 1.62. The number of benzene rings is 1. The molecule has 3 rings (SSSR count). The van der Waals surface area contributed by atoms with Crippen LogP contribution < -0.4 is 16.0 Å². The summed E-state index contributed by atoms with van der Waals surface area (Å²) < 4.78 is 5.02. The van der Waals surface area contributed by atoms with E-state index in [1.54, 1.807) is 25.3 Å². The number of ether oxygens (including phenoxy) is 1. The number of nitrogens with zero attached hydrogens (tertiary/aromatic N) is 1. The summed E-state index contributed by atoms with van der Waals surface area (Å²) in [5, 5.41) is 20.5. The average molecular weight is 461 g/mol. The Morgan fingerprint density at radius 1 is 1.19 bits per heavy atom. The fourth-order valence-electron chi connectivity index (χ4n) is 3.68. The molecular weight excluding hydrogens is 432 g/mol. The van der Waals surface area contributed by atoms with Crippen LogP contribution in [-0.4, -0.2) is 43.5 Å². The molecule has 1 aromatic heterocycles. The van der Waals surface area contributed by atoms with Gasteiger partial charge in [-0.2, -0.15) is 0 Å². The summed E-state index contributed by atoms with van der Waals surface area (Å²) in [6.45, 7) is 1.31. The van der Waals surface area contributed by atoms with Gasteiger partial charge < -0.3 is 20.7 Å². The Bertz CT molecular complexity index is 975. The van der Waals surface area contributed by atoms with E-state index in [0.717, 1.165) is 36.1 Å². The van der Waals surface area contributed by atoms with Crippen LogP contribution in [0.1, 0.15) is 46.5 Å². The molecular formula is C22H28N4O5S. The fraction of sp³-hybridized carbons (Fsp3) is 0.455.